The van der Waals surface area contributed by atoms with Gasteiger partial charge in [0.1, 0.15) is 5.75 Å². The number of thiophene rings is 1. The van der Waals surface area contributed by atoms with E-state index in [1.54, 1.807) is 12.0 Å². The molecule has 1 aromatic heterocycles. The Morgan fingerprint density at radius 1 is 1.04 bits per heavy atom. The van der Waals surface area contributed by atoms with E-state index in [-0.39, 0.29) is 11.8 Å². The van der Waals surface area contributed by atoms with Crippen LogP contribution in [0.25, 0.3) is 0 Å². The summed E-state index contributed by atoms with van der Waals surface area (Å²) in [6.45, 7) is 4.13. The predicted octanol–water partition coefficient (Wildman–Crippen LogP) is 2.66. The van der Waals surface area contributed by atoms with Crippen molar-refractivity contribution in [1.82, 2.24) is 9.80 Å². The Morgan fingerprint density at radius 2 is 1.71 bits per heavy atom. The third-order valence-corrected chi connectivity index (χ3v) is 5.03. The summed E-state index contributed by atoms with van der Waals surface area (Å²) in [7, 11) is 1.57. The van der Waals surface area contributed by atoms with E-state index in [1.165, 1.54) is 11.3 Å². The summed E-state index contributed by atoms with van der Waals surface area (Å²) in [6, 6.07) is 9.31. The van der Waals surface area contributed by atoms with Crippen LogP contribution in [0, 0.1) is 6.92 Å². The van der Waals surface area contributed by atoms with Crippen LogP contribution in [0.3, 0.4) is 0 Å². The Balaban J connectivity index is 1.67. The fourth-order valence-electron chi connectivity index (χ4n) is 2.83. The normalized spacial score (nSPS) is 14.6. The molecule has 1 aliphatic heterocycles. The number of piperazine rings is 1. The molecule has 2 amide bonds. The van der Waals surface area contributed by atoms with Crippen molar-refractivity contribution in [3.63, 3.8) is 0 Å². The molecule has 2 heterocycles. The van der Waals surface area contributed by atoms with Gasteiger partial charge in [-0.05, 0) is 30.5 Å². The number of hydrogen-bond donors (Lipinski definition) is 0. The van der Waals surface area contributed by atoms with Crippen molar-refractivity contribution in [1.29, 1.82) is 0 Å². The first-order valence-corrected chi connectivity index (χ1v) is 8.75. The Bertz CT molecular complexity index is 735. The maximum absolute atomic E-state index is 12.8. The van der Waals surface area contributed by atoms with Gasteiger partial charge in [-0.3, -0.25) is 9.59 Å². The van der Waals surface area contributed by atoms with E-state index >= 15 is 0 Å². The Labute approximate surface area is 145 Å². The minimum absolute atomic E-state index is 0.0428. The van der Waals surface area contributed by atoms with Crippen LogP contribution in [0.5, 0.6) is 5.75 Å². The van der Waals surface area contributed by atoms with Gasteiger partial charge in [0.15, 0.2) is 0 Å². The molecule has 1 aromatic carbocycles. The number of aryl methyl sites for hydroxylation is 1. The maximum Gasteiger partial charge on any atom is 0.264 e. The van der Waals surface area contributed by atoms with Gasteiger partial charge in [-0.25, -0.2) is 0 Å². The van der Waals surface area contributed by atoms with E-state index in [2.05, 4.69) is 0 Å². The summed E-state index contributed by atoms with van der Waals surface area (Å²) in [5.41, 5.74) is 1.60. The van der Waals surface area contributed by atoms with Crippen LogP contribution in [0.2, 0.25) is 0 Å². The topological polar surface area (TPSA) is 49.9 Å². The molecule has 0 saturated carbocycles. The predicted molar refractivity (Wildman–Crippen MR) is 93.9 cm³/mol. The second-order valence-electron chi connectivity index (χ2n) is 5.77. The molecule has 5 nitrogen and oxygen atoms in total. The van der Waals surface area contributed by atoms with Crippen molar-refractivity contribution in [2.24, 2.45) is 0 Å². The highest BCUT2D eigenvalue weighted by molar-refractivity contribution is 7.12. The van der Waals surface area contributed by atoms with E-state index in [9.17, 15) is 9.59 Å². The van der Waals surface area contributed by atoms with E-state index in [0.717, 1.165) is 10.4 Å². The van der Waals surface area contributed by atoms with Gasteiger partial charge in [-0.2, -0.15) is 0 Å². The molecule has 126 valence electrons. The summed E-state index contributed by atoms with van der Waals surface area (Å²) in [5.74, 6) is 0.590. The van der Waals surface area contributed by atoms with Gasteiger partial charge >= 0.3 is 0 Å². The summed E-state index contributed by atoms with van der Waals surface area (Å²) < 4.78 is 5.31. The van der Waals surface area contributed by atoms with Gasteiger partial charge < -0.3 is 14.5 Å². The Morgan fingerprint density at radius 3 is 2.29 bits per heavy atom. The fourth-order valence-corrected chi connectivity index (χ4v) is 3.52. The van der Waals surface area contributed by atoms with Crippen LogP contribution in [0.15, 0.2) is 35.7 Å². The molecule has 24 heavy (non-hydrogen) atoms. The van der Waals surface area contributed by atoms with Crippen molar-refractivity contribution in [3.05, 3.63) is 51.7 Å². The molecular formula is C18H20N2O3S. The lowest BCUT2D eigenvalue weighted by atomic mass is 10.1. The molecule has 6 heteroatoms. The van der Waals surface area contributed by atoms with Gasteiger partial charge in [-0.1, -0.05) is 17.7 Å². The van der Waals surface area contributed by atoms with E-state index in [1.807, 2.05) is 47.5 Å². The average Bonchev–Trinajstić information content (AvgIpc) is 3.15. The zero-order chi connectivity index (χ0) is 17.1. The van der Waals surface area contributed by atoms with Crippen molar-refractivity contribution < 1.29 is 14.3 Å². The minimum Gasteiger partial charge on any atom is -0.496 e. The average molecular weight is 344 g/mol. The molecule has 3 rings (SSSR count). The number of rotatable bonds is 3. The van der Waals surface area contributed by atoms with E-state index in [4.69, 9.17) is 4.74 Å². The number of benzene rings is 1. The molecule has 0 N–H and O–H groups in total. The van der Waals surface area contributed by atoms with Gasteiger partial charge in [0.25, 0.3) is 11.8 Å². The second-order valence-corrected chi connectivity index (χ2v) is 6.71. The van der Waals surface area contributed by atoms with Crippen molar-refractivity contribution >= 4 is 23.2 Å². The standard InChI is InChI=1S/C18H20N2O3S/c1-13-5-6-15(23-2)14(12-13)17(21)19-7-9-20(10-8-19)18(22)16-4-3-11-24-16/h3-6,11-12H,7-10H2,1-2H3. The molecule has 0 bridgehead atoms. The first kappa shape index (κ1) is 16.5. The summed E-state index contributed by atoms with van der Waals surface area (Å²) in [5, 5.41) is 1.90. The molecule has 2 aromatic rings. The van der Waals surface area contributed by atoms with Gasteiger partial charge in [0.05, 0.1) is 17.6 Å². The quantitative estimate of drug-likeness (QED) is 0.860. The van der Waals surface area contributed by atoms with Crippen molar-refractivity contribution in [3.8, 4) is 5.75 Å². The largest absolute Gasteiger partial charge is 0.496 e. The number of carbonyl (C=O) groups excluding carboxylic acids is 2. The Kier molecular flexibility index (Phi) is 4.85. The van der Waals surface area contributed by atoms with Gasteiger partial charge in [0.2, 0.25) is 0 Å². The first-order chi connectivity index (χ1) is 11.6. The highest BCUT2D eigenvalue weighted by Gasteiger charge is 2.27. The molecule has 0 unspecified atom stereocenters. The highest BCUT2D eigenvalue weighted by Crippen LogP contribution is 2.22. The molecule has 1 fully saturated rings. The van der Waals surface area contributed by atoms with Gasteiger partial charge in [0, 0.05) is 26.2 Å². The minimum atomic E-state index is -0.0428. The summed E-state index contributed by atoms with van der Waals surface area (Å²) >= 11 is 1.45. The molecule has 0 radical (unpaired) electrons. The fraction of sp³-hybridized carbons (Fsp3) is 0.333. The third-order valence-electron chi connectivity index (χ3n) is 4.17. The maximum atomic E-state index is 12.8. The van der Waals surface area contributed by atoms with Crippen LogP contribution in [0.1, 0.15) is 25.6 Å². The number of hydrogen-bond acceptors (Lipinski definition) is 4. The van der Waals surface area contributed by atoms with Crippen LogP contribution < -0.4 is 4.74 Å². The molecule has 0 spiro atoms. The molecule has 1 aliphatic rings. The van der Waals surface area contributed by atoms with Crippen LogP contribution in [-0.4, -0.2) is 54.9 Å². The van der Waals surface area contributed by atoms with E-state index < -0.39 is 0 Å². The van der Waals surface area contributed by atoms with E-state index in [0.29, 0.717) is 37.5 Å². The van der Waals surface area contributed by atoms with Crippen molar-refractivity contribution in [2.75, 3.05) is 33.3 Å². The SMILES string of the molecule is COc1ccc(C)cc1C(=O)N1CCN(C(=O)c2cccs2)CC1. The zero-order valence-electron chi connectivity index (χ0n) is 13.8. The number of carbonyl (C=O) groups is 2. The van der Waals surface area contributed by atoms with Crippen molar-refractivity contribution in [2.45, 2.75) is 6.92 Å². The summed E-state index contributed by atoms with van der Waals surface area (Å²) in [4.78, 5) is 29.5. The first-order valence-electron chi connectivity index (χ1n) is 7.87. The Hall–Kier alpha value is -2.34. The molecule has 1 saturated heterocycles. The molecule has 0 atom stereocenters. The lowest BCUT2D eigenvalue weighted by Gasteiger charge is -2.34. The number of ether oxygens (including phenoxy) is 1. The summed E-state index contributed by atoms with van der Waals surface area (Å²) in [6.07, 6.45) is 0. The van der Waals surface area contributed by atoms with Crippen LogP contribution in [-0.2, 0) is 0 Å². The second kappa shape index (κ2) is 7.05. The monoisotopic (exact) mass is 344 g/mol. The third kappa shape index (κ3) is 3.28. The number of methoxy groups -OCH3 is 1. The van der Waals surface area contributed by atoms with Gasteiger partial charge in [-0.15, -0.1) is 11.3 Å². The highest BCUT2D eigenvalue weighted by atomic mass is 32.1. The molecular weight excluding hydrogens is 324 g/mol. The smallest absolute Gasteiger partial charge is 0.264 e. The van der Waals surface area contributed by atoms with Crippen LogP contribution in [0.4, 0.5) is 0 Å². The zero-order valence-corrected chi connectivity index (χ0v) is 14.6. The lowest BCUT2D eigenvalue weighted by molar-refractivity contribution is 0.0536. The number of amides is 2. The lowest BCUT2D eigenvalue weighted by Crippen LogP contribution is -2.50. The number of nitrogens with zero attached hydrogens (tertiary/aromatic N) is 2. The molecule has 0 aliphatic carbocycles. The van der Waals surface area contributed by atoms with Crippen LogP contribution >= 0.6 is 11.3 Å².